The van der Waals surface area contributed by atoms with Gasteiger partial charge in [0.05, 0.1) is 23.0 Å². The Hall–Kier alpha value is -4.65. The van der Waals surface area contributed by atoms with Crippen LogP contribution in [-0.4, -0.2) is 36.1 Å². The van der Waals surface area contributed by atoms with Gasteiger partial charge in [-0.05, 0) is 29.8 Å². The molecule has 6 rings (SSSR count). The molecule has 0 radical (unpaired) electrons. The lowest BCUT2D eigenvalue weighted by atomic mass is 9.99. The van der Waals surface area contributed by atoms with E-state index in [1.807, 2.05) is 53.2 Å². The molecular formula is C25H16N6O. The van der Waals surface area contributed by atoms with Crippen LogP contribution in [0.5, 0.6) is 0 Å². The molecule has 0 bridgehead atoms. The van der Waals surface area contributed by atoms with Gasteiger partial charge in [0.1, 0.15) is 12.0 Å². The van der Waals surface area contributed by atoms with Gasteiger partial charge in [0, 0.05) is 40.7 Å². The number of hydrogen-bond donors (Lipinski definition) is 1. The zero-order valence-corrected chi connectivity index (χ0v) is 16.8. The number of rotatable bonds is 4. The van der Waals surface area contributed by atoms with Crippen molar-refractivity contribution >= 4 is 22.8 Å². The topological polar surface area (TPSA) is 88.8 Å². The lowest BCUT2D eigenvalue weighted by molar-refractivity contribution is 0.112. The maximum Gasteiger partial charge on any atom is 0.164 e. The summed E-state index contributed by atoms with van der Waals surface area (Å²) in [4.78, 5) is 19.9. The van der Waals surface area contributed by atoms with E-state index in [-0.39, 0.29) is 0 Å². The van der Waals surface area contributed by atoms with Crippen LogP contribution >= 0.6 is 0 Å². The van der Waals surface area contributed by atoms with Gasteiger partial charge in [0.2, 0.25) is 0 Å². The van der Waals surface area contributed by atoms with Crippen LogP contribution in [0, 0.1) is 0 Å². The van der Waals surface area contributed by atoms with E-state index in [0.29, 0.717) is 5.56 Å². The van der Waals surface area contributed by atoms with Crippen molar-refractivity contribution in [1.29, 1.82) is 0 Å². The Morgan fingerprint density at radius 3 is 2.53 bits per heavy atom. The smallest absolute Gasteiger partial charge is 0.164 e. The van der Waals surface area contributed by atoms with Gasteiger partial charge in [-0.2, -0.15) is 10.2 Å². The van der Waals surface area contributed by atoms with Crippen molar-refractivity contribution in [2.24, 2.45) is 0 Å². The SMILES string of the molecule is O=Cc1ccc(-c2ccnc3c(-c4cccc5[nH]ncc45)c(-c4ccncc4)nn23)cc1. The van der Waals surface area contributed by atoms with Crippen LogP contribution in [0.2, 0.25) is 0 Å². The van der Waals surface area contributed by atoms with E-state index in [2.05, 4.69) is 21.2 Å². The Bertz CT molecular complexity index is 1580. The Morgan fingerprint density at radius 2 is 1.72 bits per heavy atom. The zero-order chi connectivity index (χ0) is 21.5. The third-order valence-electron chi connectivity index (χ3n) is 5.57. The molecule has 0 saturated carbocycles. The van der Waals surface area contributed by atoms with Crippen LogP contribution in [0.25, 0.3) is 50.2 Å². The predicted octanol–water partition coefficient (Wildman–Crippen LogP) is 4.81. The molecule has 6 aromatic rings. The molecule has 0 spiro atoms. The molecule has 0 fully saturated rings. The average Bonchev–Trinajstić information content (AvgIpc) is 3.49. The summed E-state index contributed by atoms with van der Waals surface area (Å²) in [7, 11) is 0. The molecule has 0 amide bonds. The van der Waals surface area contributed by atoms with Gasteiger partial charge in [-0.3, -0.25) is 14.9 Å². The first-order chi connectivity index (χ1) is 15.8. The quantitative estimate of drug-likeness (QED) is 0.417. The highest BCUT2D eigenvalue weighted by Gasteiger charge is 2.21. The number of hydrogen-bond acceptors (Lipinski definition) is 5. The van der Waals surface area contributed by atoms with Crippen molar-refractivity contribution in [2.45, 2.75) is 0 Å². The van der Waals surface area contributed by atoms with E-state index in [1.165, 1.54) is 0 Å². The molecule has 0 unspecified atom stereocenters. The van der Waals surface area contributed by atoms with Crippen molar-refractivity contribution in [1.82, 2.24) is 29.8 Å². The first kappa shape index (κ1) is 18.1. The summed E-state index contributed by atoms with van der Waals surface area (Å²) < 4.78 is 1.86. The summed E-state index contributed by atoms with van der Waals surface area (Å²) in [5.41, 5.74) is 7.82. The van der Waals surface area contributed by atoms with Gasteiger partial charge >= 0.3 is 0 Å². The highest BCUT2D eigenvalue weighted by Crippen LogP contribution is 2.38. The fourth-order valence-corrected chi connectivity index (χ4v) is 4.04. The molecule has 152 valence electrons. The van der Waals surface area contributed by atoms with E-state index in [1.54, 1.807) is 30.7 Å². The van der Waals surface area contributed by atoms with E-state index in [4.69, 9.17) is 10.1 Å². The van der Waals surface area contributed by atoms with Gasteiger partial charge < -0.3 is 0 Å². The van der Waals surface area contributed by atoms with Crippen molar-refractivity contribution in [3.05, 3.63) is 91.0 Å². The molecule has 7 heteroatoms. The van der Waals surface area contributed by atoms with Gasteiger partial charge in [-0.25, -0.2) is 9.50 Å². The second-order valence-electron chi connectivity index (χ2n) is 7.40. The van der Waals surface area contributed by atoms with Crippen LogP contribution in [-0.2, 0) is 0 Å². The lowest BCUT2D eigenvalue weighted by Gasteiger charge is -2.06. The number of benzene rings is 2. The lowest BCUT2D eigenvalue weighted by Crippen LogP contribution is -1.96. The van der Waals surface area contributed by atoms with Crippen molar-refractivity contribution in [3.63, 3.8) is 0 Å². The summed E-state index contributed by atoms with van der Waals surface area (Å²) in [5, 5.41) is 13.3. The van der Waals surface area contributed by atoms with Crippen LogP contribution in [0.1, 0.15) is 10.4 Å². The van der Waals surface area contributed by atoms with Gasteiger partial charge in [-0.1, -0.05) is 36.4 Å². The Kier molecular flexibility index (Phi) is 4.11. The normalized spacial score (nSPS) is 11.2. The van der Waals surface area contributed by atoms with Crippen LogP contribution in [0.4, 0.5) is 0 Å². The number of aromatic nitrogens is 6. The van der Waals surface area contributed by atoms with E-state index in [0.717, 1.165) is 56.5 Å². The molecule has 0 aliphatic carbocycles. The number of H-pyrrole nitrogens is 1. The fourth-order valence-electron chi connectivity index (χ4n) is 4.04. The first-order valence-corrected chi connectivity index (χ1v) is 10.1. The molecule has 0 saturated heterocycles. The number of carbonyl (C=O) groups excluding carboxylic acids is 1. The number of nitrogens with zero attached hydrogens (tertiary/aromatic N) is 5. The second kappa shape index (κ2) is 7.24. The molecule has 32 heavy (non-hydrogen) atoms. The molecule has 0 aliphatic heterocycles. The number of carbonyl (C=O) groups is 1. The highest BCUT2D eigenvalue weighted by atomic mass is 16.1. The van der Waals surface area contributed by atoms with Crippen molar-refractivity contribution in [2.75, 3.05) is 0 Å². The van der Waals surface area contributed by atoms with Crippen LogP contribution < -0.4 is 0 Å². The van der Waals surface area contributed by atoms with E-state index in [9.17, 15) is 4.79 Å². The molecule has 0 atom stereocenters. The standard InChI is InChI=1S/C25H16N6O/c32-15-16-4-6-17(7-5-16)22-10-13-27-25-23(19-2-1-3-21-20(19)14-28-29-21)24(30-31(22)25)18-8-11-26-12-9-18/h1-15H,(H,28,29). The minimum absolute atomic E-state index is 0.629. The van der Waals surface area contributed by atoms with Gasteiger partial charge in [-0.15, -0.1) is 0 Å². The number of pyridine rings is 1. The Morgan fingerprint density at radius 1 is 0.875 bits per heavy atom. The van der Waals surface area contributed by atoms with Crippen LogP contribution in [0.15, 0.2) is 85.5 Å². The number of aromatic amines is 1. The zero-order valence-electron chi connectivity index (χ0n) is 16.8. The molecule has 4 heterocycles. The first-order valence-electron chi connectivity index (χ1n) is 10.1. The molecular weight excluding hydrogens is 400 g/mol. The van der Waals surface area contributed by atoms with Crippen molar-refractivity contribution in [3.8, 4) is 33.6 Å². The predicted molar refractivity (Wildman–Crippen MR) is 122 cm³/mol. The second-order valence-corrected chi connectivity index (χ2v) is 7.40. The van der Waals surface area contributed by atoms with E-state index >= 15 is 0 Å². The molecule has 4 aromatic heterocycles. The third kappa shape index (κ3) is 2.79. The summed E-state index contributed by atoms with van der Waals surface area (Å²) in [6, 6.07) is 19.3. The average molecular weight is 416 g/mol. The highest BCUT2D eigenvalue weighted by molar-refractivity contribution is 6.02. The van der Waals surface area contributed by atoms with Gasteiger partial charge in [0.25, 0.3) is 0 Å². The molecule has 2 aromatic carbocycles. The Labute approximate surface area is 182 Å². The maximum atomic E-state index is 11.1. The monoisotopic (exact) mass is 416 g/mol. The molecule has 0 aliphatic rings. The molecule has 1 N–H and O–H groups in total. The minimum atomic E-state index is 0.629. The third-order valence-corrected chi connectivity index (χ3v) is 5.57. The summed E-state index contributed by atoms with van der Waals surface area (Å²) >= 11 is 0. The Balaban J connectivity index is 1.69. The minimum Gasteiger partial charge on any atom is -0.298 e. The number of nitrogens with one attached hydrogen (secondary N) is 1. The summed E-state index contributed by atoms with van der Waals surface area (Å²) in [6.45, 7) is 0. The van der Waals surface area contributed by atoms with Crippen molar-refractivity contribution < 1.29 is 4.79 Å². The number of aldehydes is 1. The summed E-state index contributed by atoms with van der Waals surface area (Å²) in [5.74, 6) is 0. The molecule has 7 nitrogen and oxygen atoms in total. The maximum absolute atomic E-state index is 11.1. The van der Waals surface area contributed by atoms with Gasteiger partial charge in [0.15, 0.2) is 5.65 Å². The van der Waals surface area contributed by atoms with E-state index < -0.39 is 0 Å². The van der Waals surface area contributed by atoms with Crippen LogP contribution in [0.3, 0.4) is 0 Å². The largest absolute Gasteiger partial charge is 0.298 e. The fraction of sp³-hybridized carbons (Fsp3) is 0. The number of fused-ring (bicyclic) bond motifs is 2. The summed E-state index contributed by atoms with van der Waals surface area (Å²) in [6.07, 6.45) is 7.97.